The molecular formula is C21H22ClN3O5S. The van der Waals surface area contributed by atoms with Gasteiger partial charge < -0.3 is 19.7 Å². The fourth-order valence-corrected chi connectivity index (χ4v) is 3.51. The summed E-state index contributed by atoms with van der Waals surface area (Å²) in [6.45, 7) is 1.02. The van der Waals surface area contributed by atoms with Crippen LogP contribution in [0.2, 0.25) is 5.02 Å². The lowest BCUT2D eigenvalue weighted by Gasteiger charge is -2.27. The highest BCUT2D eigenvalue weighted by molar-refractivity contribution is 7.98. The monoisotopic (exact) mass is 463 g/mol. The Morgan fingerprint density at radius 3 is 2.42 bits per heavy atom. The molecule has 3 amide bonds. The van der Waals surface area contributed by atoms with Crippen molar-refractivity contribution in [2.45, 2.75) is 6.10 Å². The van der Waals surface area contributed by atoms with Crippen LogP contribution in [0.1, 0.15) is 0 Å². The van der Waals surface area contributed by atoms with E-state index in [0.717, 1.165) is 5.69 Å². The fourth-order valence-electron chi connectivity index (χ4n) is 2.86. The largest absolute Gasteiger partial charge is 0.435 e. The van der Waals surface area contributed by atoms with Gasteiger partial charge in [0.25, 0.3) is 11.8 Å². The van der Waals surface area contributed by atoms with Crippen LogP contribution in [0.3, 0.4) is 0 Å². The topological polar surface area (TPSA) is 97.0 Å². The van der Waals surface area contributed by atoms with Crippen LogP contribution in [0.15, 0.2) is 48.5 Å². The number of carbonyl (C=O) groups excluding carboxylic acids is 3. The normalized spacial score (nSPS) is 14.6. The van der Waals surface area contributed by atoms with E-state index >= 15 is 0 Å². The molecule has 0 aromatic heterocycles. The van der Waals surface area contributed by atoms with E-state index < -0.39 is 18.1 Å². The van der Waals surface area contributed by atoms with Gasteiger partial charge in [-0.05, 0) is 54.8 Å². The second-order valence-corrected chi connectivity index (χ2v) is 7.96. The number of benzene rings is 2. The number of hydrogen-bond acceptors (Lipinski definition) is 6. The van der Waals surface area contributed by atoms with Gasteiger partial charge in [0, 0.05) is 34.4 Å². The molecule has 0 aliphatic carbocycles. The molecule has 0 bridgehead atoms. The van der Waals surface area contributed by atoms with E-state index in [1.54, 1.807) is 53.4 Å². The first-order chi connectivity index (χ1) is 15.0. The van der Waals surface area contributed by atoms with Crippen molar-refractivity contribution in [3.8, 4) is 0 Å². The summed E-state index contributed by atoms with van der Waals surface area (Å²) in [5.41, 5.74) is 1.76. The molecule has 2 N–H and O–H groups in total. The number of anilines is 3. The van der Waals surface area contributed by atoms with Gasteiger partial charge in [0.2, 0.25) is 0 Å². The van der Waals surface area contributed by atoms with Crippen molar-refractivity contribution in [2.24, 2.45) is 0 Å². The first kappa shape index (κ1) is 22.9. The molecule has 0 saturated carbocycles. The van der Waals surface area contributed by atoms with Crippen LogP contribution in [0, 0.1) is 0 Å². The molecule has 1 aliphatic rings. The van der Waals surface area contributed by atoms with E-state index in [1.807, 2.05) is 6.26 Å². The van der Waals surface area contributed by atoms with Gasteiger partial charge in [0.1, 0.15) is 6.61 Å². The zero-order chi connectivity index (χ0) is 22.2. The highest BCUT2D eigenvalue weighted by Gasteiger charge is 2.24. The minimum absolute atomic E-state index is 0.0598. The SMILES string of the molecule is CSC[C@H](OC(=O)Nc1ccc(Cl)cc1)C(=O)Nc1ccc(N2CCOCC2=O)cc1. The number of morpholine rings is 1. The van der Waals surface area contributed by atoms with Gasteiger partial charge in [0.05, 0.1) is 6.61 Å². The maximum Gasteiger partial charge on any atom is 0.412 e. The standard InChI is InChI=1S/C21H22ClN3O5S/c1-31-13-18(30-21(28)24-16-4-2-14(22)3-5-16)20(27)23-15-6-8-17(9-7-15)25-10-11-29-12-19(25)26/h2-9,18H,10-13H2,1H3,(H,23,27)(H,24,28)/t18-/m0/s1. The third-order valence-corrected chi connectivity index (χ3v) is 5.27. The minimum atomic E-state index is -0.984. The number of amides is 3. The molecule has 10 heteroatoms. The molecule has 0 unspecified atom stereocenters. The lowest BCUT2D eigenvalue weighted by atomic mass is 10.2. The number of hydrogen-bond donors (Lipinski definition) is 2. The number of nitrogens with zero attached hydrogens (tertiary/aromatic N) is 1. The van der Waals surface area contributed by atoms with E-state index in [-0.39, 0.29) is 12.5 Å². The summed E-state index contributed by atoms with van der Waals surface area (Å²) in [6, 6.07) is 13.4. The molecule has 2 aromatic carbocycles. The average Bonchev–Trinajstić information content (AvgIpc) is 2.76. The van der Waals surface area contributed by atoms with Crippen LogP contribution in [-0.4, -0.2) is 55.8 Å². The van der Waals surface area contributed by atoms with Crippen LogP contribution >= 0.6 is 23.4 Å². The third kappa shape index (κ3) is 6.61. The number of thioether (sulfide) groups is 1. The molecule has 0 spiro atoms. The Labute approximate surface area is 189 Å². The highest BCUT2D eigenvalue weighted by Crippen LogP contribution is 2.20. The molecular weight excluding hydrogens is 442 g/mol. The van der Waals surface area contributed by atoms with Gasteiger partial charge in [0.15, 0.2) is 6.10 Å². The molecule has 3 rings (SSSR count). The van der Waals surface area contributed by atoms with Gasteiger partial charge in [-0.3, -0.25) is 14.9 Å². The highest BCUT2D eigenvalue weighted by atomic mass is 35.5. The summed E-state index contributed by atoms with van der Waals surface area (Å²) in [5.74, 6) is -0.265. The molecule has 31 heavy (non-hydrogen) atoms. The quantitative estimate of drug-likeness (QED) is 0.651. The Hall–Kier alpha value is -2.75. The van der Waals surface area contributed by atoms with Crippen molar-refractivity contribution in [1.29, 1.82) is 0 Å². The molecule has 1 aliphatic heterocycles. The number of halogens is 1. The first-order valence-electron chi connectivity index (χ1n) is 9.47. The predicted octanol–water partition coefficient (Wildman–Crippen LogP) is 3.62. The third-order valence-electron chi connectivity index (χ3n) is 4.38. The van der Waals surface area contributed by atoms with Crippen molar-refractivity contribution in [3.05, 3.63) is 53.6 Å². The molecule has 1 atom stereocenters. The minimum Gasteiger partial charge on any atom is -0.435 e. The van der Waals surface area contributed by atoms with Crippen LogP contribution in [0.25, 0.3) is 0 Å². The van der Waals surface area contributed by atoms with Crippen LogP contribution in [-0.2, 0) is 19.1 Å². The molecule has 1 saturated heterocycles. The number of nitrogens with one attached hydrogen (secondary N) is 2. The lowest BCUT2D eigenvalue weighted by Crippen LogP contribution is -2.41. The Morgan fingerprint density at radius 2 is 1.77 bits per heavy atom. The summed E-state index contributed by atoms with van der Waals surface area (Å²) in [7, 11) is 0. The van der Waals surface area contributed by atoms with Gasteiger partial charge in [-0.15, -0.1) is 0 Å². The summed E-state index contributed by atoms with van der Waals surface area (Å²) in [5, 5.41) is 5.85. The van der Waals surface area contributed by atoms with Gasteiger partial charge >= 0.3 is 6.09 Å². The molecule has 1 heterocycles. The van der Waals surface area contributed by atoms with E-state index in [1.165, 1.54) is 11.8 Å². The van der Waals surface area contributed by atoms with Crippen molar-refractivity contribution in [1.82, 2.24) is 0 Å². The van der Waals surface area contributed by atoms with E-state index in [2.05, 4.69) is 10.6 Å². The predicted molar refractivity (Wildman–Crippen MR) is 122 cm³/mol. The van der Waals surface area contributed by atoms with Crippen molar-refractivity contribution >= 4 is 58.3 Å². The second-order valence-electron chi connectivity index (χ2n) is 6.62. The Balaban J connectivity index is 1.58. The zero-order valence-electron chi connectivity index (χ0n) is 16.8. The first-order valence-corrected chi connectivity index (χ1v) is 11.2. The summed E-state index contributed by atoms with van der Waals surface area (Å²) in [4.78, 5) is 38.4. The lowest BCUT2D eigenvalue weighted by molar-refractivity contribution is -0.125. The van der Waals surface area contributed by atoms with Crippen molar-refractivity contribution < 1.29 is 23.9 Å². The zero-order valence-corrected chi connectivity index (χ0v) is 18.4. The molecule has 0 radical (unpaired) electrons. The summed E-state index contributed by atoms with van der Waals surface area (Å²) in [6.07, 6.45) is 0.0926. The Morgan fingerprint density at radius 1 is 1.13 bits per heavy atom. The van der Waals surface area contributed by atoms with Crippen molar-refractivity contribution in [3.63, 3.8) is 0 Å². The summed E-state index contributed by atoms with van der Waals surface area (Å²) < 4.78 is 10.4. The maximum absolute atomic E-state index is 12.6. The Kier molecular flexibility index (Phi) is 8.16. The van der Waals surface area contributed by atoms with Gasteiger partial charge in [-0.1, -0.05) is 11.6 Å². The van der Waals surface area contributed by atoms with Gasteiger partial charge in [-0.25, -0.2) is 4.79 Å². The number of rotatable bonds is 7. The van der Waals surface area contributed by atoms with Gasteiger partial charge in [-0.2, -0.15) is 11.8 Å². The molecule has 2 aromatic rings. The molecule has 164 valence electrons. The van der Waals surface area contributed by atoms with Crippen LogP contribution in [0.5, 0.6) is 0 Å². The van der Waals surface area contributed by atoms with E-state index in [4.69, 9.17) is 21.1 Å². The van der Waals surface area contributed by atoms with Crippen LogP contribution in [0.4, 0.5) is 21.9 Å². The second kappa shape index (κ2) is 11.0. The fraction of sp³-hybridized carbons (Fsp3) is 0.286. The van der Waals surface area contributed by atoms with E-state index in [0.29, 0.717) is 35.3 Å². The average molecular weight is 464 g/mol. The Bertz CT molecular complexity index is 924. The number of carbonyl (C=O) groups is 3. The van der Waals surface area contributed by atoms with Crippen molar-refractivity contribution in [2.75, 3.05) is 47.3 Å². The number of ether oxygens (including phenoxy) is 2. The molecule has 8 nitrogen and oxygen atoms in total. The summed E-state index contributed by atoms with van der Waals surface area (Å²) >= 11 is 7.21. The molecule has 1 fully saturated rings. The maximum atomic E-state index is 12.6. The smallest absolute Gasteiger partial charge is 0.412 e. The van der Waals surface area contributed by atoms with E-state index in [9.17, 15) is 14.4 Å². The van der Waals surface area contributed by atoms with Crippen LogP contribution < -0.4 is 15.5 Å².